The van der Waals surface area contributed by atoms with Crippen molar-refractivity contribution in [2.24, 2.45) is 10.2 Å². The number of anilines is 1. The van der Waals surface area contributed by atoms with E-state index in [0.29, 0.717) is 30.3 Å². The lowest BCUT2D eigenvalue weighted by Crippen LogP contribution is -2.33. The first kappa shape index (κ1) is 16.9. The largest absolute Gasteiger partial charge is 0.395 e. The van der Waals surface area contributed by atoms with Crippen molar-refractivity contribution in [2.75, 3.05) is 31.2 Å². The minimum absolute atomic E-state index is 0.0192. The fourth-order valence-corrected chi connectivity index (χ4v) is 2.12. The molecule has 23 heavy (non-hydrogen) atoms. The van der Waals surface area contributed by atoms with Gasteiger partial charge < -0.3 is 20.3 Å². The Kier molecular flexibility index (Phi) is 6.02. The van der Waals surface area contributed by atoms with Crippen LogP contribution in [0.5, 0.6) is 0 Å². The van der Waals surface area contributed by atoms with E-state index in [2.05, 4.69) is 10.2 Å². The Morgan fingerprint density at radius 3 is 2.22 bits per heavy atom. The highest BCUT2D eigenvalue weighted by atomic mass is 16.5. The zero-order valence-electron chi connectivity index (χ0n) is 13.0. The van der Waals surface area contributed by atoms with Crippen LogP contribution >= 0.6 is 0 Å². The molecule has 1 heterocycles. The fourth-order valence-electron chi connectivity index (χ4n) is 2.12. The number of aliphatic hydroxyl groups is 2. The lowest BCUT2D eigenvalue weighted by atomic mass is 10.2. The Labute approximate surface area is 134 Å². The summed E-state index contributed by atoms with van der Waals surface area (Å²) in [4.78, 5) is 1.88. The first-order valence-corrected chi connectivity index (χ1v) is 7.35. The van der Waals surface area contributed by atoms with Crippen LogP contribution in [-0.2, 0) is 0 Å². The summed E-state index contributed by atoms with van der Waals surface area (Å²) in [5.41, 5.74) is 2.20. The van der Waals surface area contributed by atoms with Gasteiger partial charge in [-0.25, -0.2) is 0 Å². The van der Waals surface area contributed by atoms with E-state index >= 15 is 0 Å². The Morgan fingerprint density at radius 1 is 0.957 bits per heavy atom. The number of aryl methyl sites for hydroxylation is 1. The molecule has 0 atom stereocenters. The van der Waals surface area contributed by atoms with E-state index in [1.54, 1.807) is 37.3 Å². The zero-order valence-corrected chi connectivity index (χ0v) is 13.0. The van der Waals surface area contributed by atoms with Gasteiger partial charge >= 0.3 is 5.82 Å². The second kappa shape index (κ2) is 8.21. The molecule has 0 amide bonds. The fraction of sp³-hybridized carbons (Fsp3) is 0.312. The third-order valence-electron chi connectivity index (χ3n) is 3.36. The molecule has 0 bridgehead atoms. The van der Waals surface area contributed by atoms with E-state index in [4.69, 9.17) is 10.2 Å². The Hall–Kier alpha value is -2.51. The summed E-state index contributed by atoms with van der Waals surface area (Å²) in [5.74, 6) is 0.344. The second-order valence-corrected chi connectivity index (χ2v) is 4.99. The first-order chi connectivity index (χ1) is 11.2. The number of hydrogen-bond donors (Lipinski definition) is 3. The maximum absolute atomic E-state index is 9.82. The minimum Gasteiger partial charge on any atom is -0.395 e. The Morgan fingerprint density at radius 2 is 1.61 bits per heavy atom. The number of benzene rings is 1. The van der Waals surface area contributed by atoms with Gasteiger partial charge in [0.15, 0.2) is 0 Å². The quantitative estimate of drug-likeness (QED) is 0.412. The zero-order chi connectivity index (χ0) is 16.7. The van der Waals surface area contributed by atoms with Crippen LogP contribution in [0.2, 0.25) is 0 Å². The third kappa shape index (κ3) is 4.48. The van der Waals surface area contributed by atoms with Crippen LogP contribution < -0.4 is 9.63 Å². The predicted octanol–water partition coefficient (Wildman–Crippen LogP) is 1.73. The highest BCUT2D eigenvalue weighted by Gasteiger charge is 2.11. The summed E-state index contributed by atoms with van der Waals surface area (Å²) in [6, 6.07) is 12.5. The van der Waals surface area contributed by atoms with Crippen molar-refractivity contribution in [2.45, 2.75) is 6.92 Å². The van der Waals surface area contributed by atoms with Gasteiger partial charge in [0.1, 0.15) is 11.4 Å². The van der Waals surface area contributed by atoms with Gasteiger partial charge in [-0.2, -0.15) is 0 Å². The van der Waals surface area contributed by atoms with Crippen LogP contribution in [0.15, 0.2) is 52.7 Å². The molecule has 2 rings (SSSR count). The van der Waals surface area contributed by atoms with E-state index in [9.17, 15) is 5.21 Å². The first-order valence-electron chi connectivity index (χ1n) is 7.35. The molecule has 7 nitrogen and oxygen atoms in total. The van der Waals surface area contributed by atoms with Crippen molar-refractivity contribution in [1.82, 2.24) is 0 Å². The highest BCUT2D eigenvalue weighted by molar-refractivity contribution is 5.52. The molecule has 0 saturated carbocycles. The van der Waals surface area contributed by atoms with Crippen molar-refractivity contribution < 1.29 is 20.2 Å². The minimum atomic E-state index is 0.0192. The van der Waals surface area contributed by atoms with Gasteiger partial charge in [0.05, 0.1) is 18.3 Å². The number of azo groups is 1. The second-order valence-electron chi connectivity index (χ2n) is 4.99. The summed E-state index contributed by atoms with van der Waals surface area (Å²) in [5, 5.41) is 36.1. The molecule has 0 aliphatic rings. The smallest absolute Gasteiger partial charge is 0.388 e. The van der Waals surface area contributed by atoms with Crippen LogP contribution in [0.4, 0.5) is 17.2 Å². The lowest BCUT2D eigenvalue weighted by molar-refractivity contribution is -0.898. The normalized spacial score (nSPS) is 11.1. The average molecular weight is 317 g/mol. The van der Waals surface area contributed by atoms with Crippen LogP contribution in [-0.4, -0.2) is 41.7 Å². The molecule has 0 saturated heterocycles. The van der Waals surface area contributed by atoms with Gasteiger partial charge in [0.2, 0.25) is 0 Å². The predicted molar refractivity (Wildman–Crippen MR) is 85.6 cm³/mol. The van der Waals surface area contributed by atoms with Gasteiger partial charge in [0, 0.05) is 31.8 Å². The monoisotopic (exact) mass is 317 g/mol. The highest BCUT2D eigenvalue weighted by Crippen LogP contribution is 2.21. The number of hydrogen-bond acceptors (Lipinski definition) is 6. The number of aliphatic hydroxyl groups excluding tert-OH is 2. The number of aromatic nitrogens is 1. The van der Waals surface area contributed by atoms with Gasteiger partial charge in [-0.3, -0.25) is 0 Å². The number of pyridine rings is 1. The molecule has 0 fully saturated rings. The summed E-state index contributed by atoms with van der Waals surface area (Å²) in [6.45, 7) is 2.71. The number of nitrogens with zero attached hydrogens (tertiary/aromatic N) is 4. The molecule has 0 radical (unpaired) electrons. The maximum atomic E-state index is 9.82. The Bertz CT molecular complexity index is 653. The van der Waals surface area contributed by atoms with Crippen LogP contribution in [0.3, 0.4) is 0 Å². The van der Waals surface area contributed by atoms with Crippen molar-refractivity contribution in [3.05, 3.63) is 48.2 Å². The van der Waals surface area contributed by atoms with E-state index in [1.807, 2.05) is 17.0 Å². The van der Waals surface area contributed by atoms with Gasteiger partial charge in [0.25, 0.3) is 0 Å². The van der Waals surface area contributed by atoms with E-state index in [1.165, 1.54) is 0 Å². The van der Waals surface area contributed by atoms with Crippen molar-refractivity contribution >= 4 is 17.2 Å². The lowest BCUT2D eigenvalue weighted by Gasteiger charge is -2.22. The molecule has 122 valence electrons. The van der Waals surface area contributed by atoms with Gasteiger partial charge in [-0.15, -0.1) is 0 Å². The summed E-state index contributed by atoms with van der Waals surface area (Å²) in [6.07, 6.45) is 0. The van der Waals surface area contributed by atoms with E-state index < -0.39 is 0 Å². The molecule has 3 N–H and O–H groups in total. The molecular weight excluding hydrogens is 296 g/mol. The average Bonchev–Trinajstić information content (AvgIpc) is 2.56. The van der Waals surface area contributed by atoms with Crippen LogP contribution in [0.25, 0.3) is 0 Å². The molecule has 0 aliphatic carbocycles. The molecule has 1 aromatic carbocycles. The van der Waals surface area contributed by atoms with E-state index in [0.717, 1.165) is 10.4 Å². The van der Waals surface area contributed by atoms with Crippen LogP contribution in [0.1, 0.15) is 5.69 Å². The van der Waals surface area contributed by atoms with Gasteiger partial charge in [-0.1, -0.05) is 0 Å². The van der Waals surface area contributed by atoms with Crippen LogP contribution in [0, 0.1) is 6.92 Å². The molecule has 1 aromatic heterocycles. The standard InChI is InChI=1S/C16H21N4O3/c1-13-3-2-4-16(20(13)23)18-17-14-5-7-15(8-6-14)19(9-11-21)10-12-22/h2-8,21-23H,9-12H2,1H3/q+1. The maximum Gasteiger partial charge on any atom is 0.388 e. The summed E-state index contributed by atoms with van der Waals surface area (Å²) < 4.78 is 0.974. The molecule has 0 aliphatic heterocycles. The van der Waals surface area contributed by atoms with E-state index in [-0.39, 0.29) is 13.2 Å². The molecule has 0 unspecified atom stereocenters. The SMILES string of the molecule is Cc1cccc(N=Nc2ccc(N(CCO)CCO)cc2)[n+]1O. The Balaban J connectivity index is 2.13. The molecule has 0 spiro atoms. The molecule has 2 aromatic rings. The molecule has 7 heteroatoms. The third-order valence-corrected chi connectivity index (χ3v) is 3.36. The van der Waals surface area contributed by atoms with Gasteiger partial charge in [-0.05, 0) is 46.2 Å². The van der Waals surface area contributed by atoms with Crippen molar-refractivity contribution in [1.29, 1.82) is 0 Å². The number of rotatable bonds is 7. The topological polar surface area (TPSA) is 92.5 Å². The summed E-state index contributed by atoms with van der Waals surface area (Å²) >= 11 is 0. The summed E-state index contributed by atoms with van der Waals surface area (Å²) in [7, 11) is 0. The molecular formula is C16H21N4O3+. The van der Waals surface area contributed by atoms with Crippen molar-refractivity contribution in [3.63, 3.8) is 0 Å². The van der Waals surface area contributed by atoms with Crippen molar-refractivity contribution in [3.8, 4) is 0 Å².